The number of rotatable bonds is 2. The van der Waals surface area contributed by atoms with Crippen molar-refractivity contribution in [2.75, 3.05) is 13.2 Å². The number of ether oxygens (including phenoxy) is 2. The molecule has 1 aromatic rings. The smallest absolute Gasteiger partial charge is 0.162 e. The van der Waals surface area contributed by atoms with E-state index in [0.29, 0.717) is 30.1 Å². The van der Waals surface area contributed by atoms with Crippen LogP contribution in [0.1, 0.15) is 37.8 Å². The molecule has 2 N–H and O–H groups in total. The Labute approximate surface area is 119 Å². The molecule has 19 heavy (non-hydrogen) atoms. The third kappa shape index (κ3) is 2.41. The largest absolute Gasteiger partial charge is 0.486 e. The molecule has 104 valence electrons. The highest BCUT2D eigenvalue weighted by Crippen LogP contribution is 2.43. The first kappa shape index (κ1) is 13.1. The Bertz CT molecular complexity index is 477. The number of nitrogens with two attached hydrogens (primary N) is 1. The van der Waals surface area contributed by atoms with Gasteiger partial charge in [0.2, 0.25) is 0 Å². The van der Waals surface area contributed by atoms with Gasteiger partial charge < -0.3 is 15.2 Å². The minimum absolute atomic E-state index is 0.0131. The lowest BCUT2D eigenvalue weighted by atomic mass is 9.86. The summed E-state index contributed by atoms with van der Waals surface area (Å²) in [6.07, 6.45) is 3.72. The Morgan fingerprint density at radius 3 is 2.53 bits per heavy atom. The normalized spacial score (nSPS) is 27.3. The van der Waals surface area contributed by atoms with Gasteiger partial charge in [-0.1, -0.05) is 31.4 Å². The van der Waals surface area contributed by atoms with Crippen molar-refractivity contribution in [2.45, 2.75) is 32.2 Å². The fourth-order valence-electron chi connectivity index (χ4n) is 3.27. The Kier molecular flexibility index (Phi) is 3.59. The van der Waals surface area contributed by atoms with Crippen molar-refractivity contribution in [3.8, 4) is 11.5 Å². The first-order chi connectivity index (χ1) is 9.16. The second-order valence-electron chi connectivity index (χ2n) is 5.62. The molecule has 0 aromatic heterocycles. The van der Waals surface area contributed by atoms with Crippen LogP contribution in [0.5, 0.6) is 11.5 Å². The molecule has 4 heteroatoms. The minimum atomic E-state index is -0.0131. The molecule has 1 heterocycles. The van der Waals surface area contributed by atoms with Gasteiger partial charge in [0.15, 0.2) is 11.5 Å². The maximum atomic E-state index is 6.44. The maximum absolute atomic E-state index is 6.44. The number of hydrogen-bond donors (Lipinski definition) is 1. The highest BCUT2D eigenvalue weighted by atomic mass is 35.5. The molecule has 3 unspecified atom stereocenters. The average molecular weight is 282 g/mol. The quantitative estimate of drug-likeness (QED) is 0.902. The molecular formula is C15H20ClNO2. The molecule has 0 saturated heterocycles. The van der Waals surface area contributed by atoms with Crippen LogP contribution in [-0.4, -0.2) is 13.2 Å². The zero-order chi connectivity index (χ0) is 13.4. The van der Waals surface area contributed by atoms with Crippen LogP contribution in [0, 0.1) is 11.8 Å². The lowest BCUT2D eigenvalue weighted by Crippen LogP contribution is -2.24. The van der Waals surface area contributed by atoms with Gasteiger partial charge in [-0.15, -0.1) is 0 Å². The van der Waals surface area contributed by atoms with Crippen molar-refractivity contribution >= 4 is 11.6 Å². The molecule has 0 amide bonds. The molecule has 1 aromatic carbocycles. The third-order valence-corrected chi connectivity index (χ3v) is 4.74. The monoisotopic (exact) mass is 281 g/mol. The third-order valence-electron chi connectivity index (χ3n) is 4.41. The molecule has 3 nitrogen and oxygen atoms in total. The van der Waals surface area contributed by atoms with Gasteiger partial charge in [0, 0.05) is 17.1 Å². The van der Waals surface area contributed by atoms with E-state index >= 15 is 0 Å². The highest BCUT2D eigenvalue weighted by Gasteiger charge is 2.31. The summed E-state index contributed by atoms with van der Waals surface area (Å²) < 4.78 is 11.2. The first-order valence-corrected chi connectivity index (χ1v) is 7.39. The minimum Gasteiger partial charge on any atom is -0.486 e. The van der Waals surface area contributed by atoms with E-state index in [9.17, 15) is 0 Å². The molecule has 2 aliphatic rings. The van der Waals surface area contributed by atoms with E-state index in [0.717, 1.165) is 17.1 Å². The number of hydrogen-bond acceptors (Lipinski definition) is 3. The van der Waals surface area contributed by atoms with Crippen LogP contribution >= 0.6 is 11.6 Å². The van der Waals surface area contributed by atoms with Crippen molar-refractivity contribution in [3.63, 3.8) is 0 Å². The standard InChI is InChI=1S/C15H20ClNO2/c1-9-3-2-4-10(9)15(17)11-7-13-14(8-12(11)16)19-6-5-18-13/h7-10,15H,2-6,17H2,1H3. The van der Waals surface area contributed by atoms with E-state index in [4.69, 9.17) is 26.8 Å². The zero-order valence-corrected chi connectivity index (χ0v) is 12.0. The summed E-state index contributed by atoms with van der Waals surface area (Å²) in [5.41, 5.74) is 7.43. The van der Waals surface area contributed by atoms with Gasteiger partial charge in [-0.05, 0) is 29.9 Å². The van der Waals surface area contributed by atoms with Crippen molar-refractivity contribution in [3.05, 3.63) is 22.7 Å². The lowest BCUT2D eigenvalue weighted by molar-refractivity contribution is 0.171. The molecule has 1 fully saturated rings. The van der Waals surface area contributed by atoms with E-state index in [2.05, 4.69) is 6.92 Å². The fourth-order valence-corrected chi connectivity index (χ4v) is 3.55. The summed E-state index contributed by atoms with van der Waals surface area (Å²) in [6, 6.07) is 3.79. The molecule has 3 rings (SSSR count). The van der Waals surface area contributed by atoms with Gasteiger partial charge >= 0.3 is 0 Å². The second kappa shape index (κ2) is 5.22. The van der Waals surface area contributed by atoms with E-state index < -0.39 is 0 Å². The molecule has 0 bridgehead atoms. The van der Waals surface area contributed by atoms with E-state index in [1.165, 1.54) is 19.3 Å². The molecule has 0 radical (unpaired) electrons. The van der Waals surface area contributed by atoms with Crippen LogP contribution in [0.3, 0.4) is 0 Å². The van der Waals surface area contributed by atoms with E-state index in [1.54, 1.807) is 0 Å². The van der Waals surface area contributed by atoms with Crippen molar-refractivity contribution < 1.29 is 9.47 Å². The fraction of sp³-hybridized carbons (Fsp3) is 0.600. The predicted octanol–water partition coefficient (Wildman–Crippen LogP) is 3.55. The summed E-state index contributed by atoms with van der Waals surface area (Å²) in [5.74, 6) is 2.68. The Balaban J connectivity index is 1.91. The summed E-state index contributed by atoms with van der Waals surface area (Å²) in [7, 11) is 0. The topological polar surface area (TPSA) is 44.5 Å². The average Bonchev–Trinajstić information content (AvgIpc) is 2.83. The van der Waals surface area contributed by atoms with Crippen LogP contribution in [-0.2, 0) is 0 Å². The summed E-state index contributed by atoms with van der Waals surface area (Å²) in [6.45, 7) is 3.45. The second-order valence-corrected chi connectivity index (χ2v) is 6.02. The predicted molar refractivity (Wildman–Crippen MR) is 75.9 cm³/mol. The van der Waals surface area contributed by atoms with Crippen LogP contribution in [0.2, 0.25) is 5.02 Å². The van der Waals surface area contributed by atoms with Gasteiger partial charge in [-0.2, -0.15) is 0 Å². The van der Waals surface area contributed by atoms with Crippen LogP contribution in [0.4, 0.5) is 0 Å². The molecule has 3 atom stereocenters. The van der Waals surface area contributed by atoms with Crippen LogP contribution < -0.4 is 15.2 Å². The molecule has 1 saturated carbocycles. The van der Waals surface area contributed by atoms with Gasteiger partial charge in [-0.3, -0.25) is 0 Å². The highest BCUT2D eigenvalue weighted by molar-refractivity contribution is 6.31. The van der Waals surface area contributed by atoms with Crippen LogP contribution in [0.25, 0.3) is 0 Å². The van der Waals surface area contributed by atoms with Gasteiger partial charge in [0.25, 0.3) is 0 Å². The van der Waals surface area contributed by atoms with Crippen molar-refractivity contribution in [1.82, 2.24) is 0 Å². The van der Waals surface area contributed by atoms with Crippen LogP contribution in [0.15, 0.2) is 12.1 Å². The number of benzene rings is 1. The van der Waals surface area contributed by atoms with Crippen molar-refractivity contribution in [1.29, 1.82) is 0 Å². The summed E-state index contributed by atoms with van der Waals surface area (Å²) >= 11 is 6.37. The Morgan fingerprint density at radius 2 is 1.89 bits per heavy atom. The van der Waals surface area contributed by atoms with Gasteiger partial charge in [-0.25, -0.2) is 0 Å². The molecule has 1 aliphatic carbocycles. The van der Waals surface area contributed by atoms with Crippen molar-refractivity contribution in [2.24, 2.45) is 17.6 Å². The first-order valence-electron chi connectivity index (χ1n) is 7.01. The summed E-state index contributed by atoms with van der Waals surface area (Å²) in [5, 5.41) is 0.691. The molecule has 1 aliphatic heterocycles. The Hall–Kier alpha value is -0.930. The SMILES string of the molecule is CC1CCCC1C(N)c1cc2c(cc1Cl)OCCO2. The van der Waals surface area contributed by atoms with Gasteiger partial charge in [0.05, 0.1) is 0 Å². The maximum Gasteiger partial charge on any atom is 0.162 e. The molecule has 0 spiro atoms. The van der Waals surface area contributed by atoms with Gasteiger partial charge in [0.1, 0.15) is 13.2 Å². The molecular weight excluding hydrogens is 262 g/mol. The van der Waals surface area contributed by atoms with E-state index in [-0.39, 0.29) is 6.04 Å². The summed E-state index contributed by atoms with van der Waals surface area (Å²) in [4.78, 5) is 0. The number of halogens is 1. The Morgan fingerprint density at radius 1 is 1.21 bits per heavy atom. The zero-order valence-electron chi connectivity index (χ0n) is 11.2. The number of fused-ring (bicyclic) bond motifs is 1. The lowest BCUT2D eigenvalue weighted by Gasteiger charge is -2.26. The van der Waals surface area contributed by atoms with E-state index in [1.807, 2.05) is 12.1 Å².